The Labute approximate surface area is 262 Å². The lowest BCUT2D eigenvalue weighted by Crippen LogP contribution is -2.52. The minimum atomic E-state index is -4.60. The standard InChI is InChI=1S/C31H35ClN4O7S/c1-21-13-15-26(18-27(21)36(39)40)44(41,42)35(28-17-24(32)14-16-29(28)43-3)20-30(37)34(19-23-9-5-4-6-10-23)22(2)31(38)33-25-11-7-8-12-25/h4-6,9-10,13-18,22,25H,7-8,11-12,19-20H2,1-3H3,(H,33,38). The molecule has 11 nitrogen and oxygen atoms in total. The first-order chi connectivity index (χ1) is 20.9. The molecule has 0 bridgehead atoms. The summed E-state index contributed by atoms with van der Waals surface area (Å²) in [6.07, 6.45) is 3.73. The van der Waals surface area contributed by atoms with Crippen LogP contribution >= 0.6 is 11.6 Å². The molecule has 1 aliphatic rings. The average Bonchev–Trinajstić information content (AvgIpc) is 3.51. The molecule has 0 aliphatic heterocycles. The van der Waals surface area contributed by atoms with E-state index in [1.807, 2.05) is 18.2 Å². The number of carbonyl (C=O) groups excluding carboxylic acids is 2. The fourth-order valence-electron chi connectivity index (χ4n) is 5.20. The number of nitro benzene ring substituents is 1. The largest absolute Gasteiger partial charge is 0.495 e. The molecule has 44 heavy (non-hydrogen) atoms. The molecule has 13 heteroatoms. The number of benzene rings is 3. The zero-order valence-corrected chi connectivity index (χ0v) is 26.3. The van der Waals surface area contributed by atoms with E-state index in [0.29, 0.717) is 0 Å². The van der Waals surface area contributed by atoms with Crippen LogP contribution in [-0.4, -0.2) is 55.8 Å². The minimum Gasteiger partial charge on any atom is -0.495 e. The highest BCUT2D eigenvalue weighted by Crippen LogP contribution is 2.36. The molecule has 0 aromatic heterocycles. The number of halogens is 1. The number of hydrogen-bond donors (Lipinski definition) is 1. The first kappa shape index (κ1) is 32.7. The molecule has 1 saturated carbocycles. The van der Waals surface area contributed by atoms with Crippen LogP contribution in [0.25, 0.3) is 0 Å². The van der Waals surface area contributed by atoms with E-state index >= 15 is 0 Å². The molecule has 1 fully saturated rings. The Balaban J connectivity index is 1.77. The number of ether oxygens (including phenoxy) is 1. The number of nitro groups is 1. The number of carbonyl (C=O) groups is 2. The SMILES string of the molecule is COc1ccc(Cl)cc1N(CC(=O)N(Cc1ccccc1)C(C)C(=O)NC1CCCC1)S(=O)(=O)c1ccc(C)c([N+](=O)[O-])c1. The summed E-state index contributed by atoms with van der Waals surface area (Å²) < 4.78 is 34.6. The predicted octanol–water partition coefficient (Wildman–Crippen LogP) is 5.24. The molecule has 234 valence electrons. The summed E-state index contributed by atoms with van der Waals surface area (Å²) in [5.74, 6) is -0.908. The maximum absolute atomic E-state index is 14.2. The van der Waals surface area contributed by atoms with Crippen LogP contribution in [0.4, 0.5) is 11.4 Å². The third-order valence-electron chi connectivity index (χ3n) is 7.72. The number of sulfonamides is 1. The summed E-state index contributed by atoms with van der Waals surface area (Å²) in [5.41, 5.74) is 0.580. The fourth-order valence-corrected chi connectivity index (χ4v) is 6.80. The highest BCUT2D eigenvalue weighted by molar-refractivity contribution is 7.92. The van der Waals surface area contributed by atoms with Gasteiger partial charge in [0.05, 0.1) is 22.6 Å². The minimum absolute atomic E-state index is 0.0172. The van der Waals surface area contributed by atoms with Gasteiger partial charge in [0.2, 0.25) is 11.8 Å². The Kier molecular flexibility index (Phi) is 10.5. The molecule has 1 aliphatic carbocycles. The van der Waals surface area contributed by atoms with Gasteiger partial charge in [0, 0.05) is 29.2 Å². The number of amides is 2. The summed E-state index contributed by atoms with van der Waals surface area (Å²) in [5, 5.41) is 14.8. The quantitative estimate of drug-likeness (QED) is 0.211. The van der Waals surface area contributed by atoms with Crippen LogP contribution in [0.3, 0.4) is 0 Å². The Morgan fingerprint density at radius 1 is 1.09 bits per heavy atom. The van der Waals surface area contributed by atoms with Crippen molar-refractivity contribution in [2.45, 2.75) is 63.1 Å². The smallest absolute Gasteiger partial charge is 0.273 e. The van der Waals surface area contributed by atoms with E-state index in [1.165, 1.54) is 49.3 Å². The van der Waals surface area contributed by atoms with Crippen molar-refractivity contribution in [1.29, 1.82) is 0 Å². The van der Waals surface area contributed by atoms with Crippen molar-refractivity contribution in [2.24, 2.45) is 0 Å². The lowest BCUT2D eigenvalue weighted by molar-refractivity contribution is -0.385. The Morgan fingerprint density at radius 3 is 2.41 bits per heavy atom. The monoisotopic (exact) mass is 642 g/mol. The first-order valence-electron chi connectivity index (χ1n) is 14.2. The molecule has 0 heterocycles. The van der Waals surface area contributed by atoms with Gasteiger partial charge >= 0.3 is 0 Å². The van der Waals surface area contributed by atoms with Crippen LogP contribution in [0.1, 0.15) is 43.7 Å². The summed E-state index contributed by atoms with van der Waals surface area (Å²) in [4.78, 5) is 39.4. The van der Waals surface area contributed by atoms with Crippen LogP contribution < -0.4 is 14.4 Å². The van der Waals surface area contributed by atoms with Crippen molar-refractivity contribution in [3.63, 3.8) is 0 Å². The second-order valence-electron chi connectivity index (χ2n) is 10.7. The summed E-state index contributed by atoms with van der Waals surface area (Å²) in [7, 11) is -3.26. The van der Waals surface area contributed by atoms with Gasteiger partial charge in [0.15, 0.2) is 0 Å². The zero-order chi connectivity index (χ0) is 32.0. The first-order valence-corrected chi connectivity index (χ1v) is 16.0. The summed E-state index contributed by atoms with van der Waals surface area (Å²) >= 11 is 6.27. The number of nitrogens with zero attached hydrogens (tertiary/aromatic N) is 3. The van der Waals surface area contributed by atoms with E-state index < -0.39 is 44.0 Å². The lowest BCUT2D eigenvalue weighted by atomic mass is 10.1. The molecule has 1 unspecified atom stereocenters. The highest BCUT2D eigenvalue weighted by atomic mass is 35.5. The predicted molar refractivity (Wildman–Crippen MR) is 167 cm³/mol. The Hall–Kier alpha value is -4.16. The Morgan fingerprint density at radius 2 is 1.77 bits per heavy atom. The average molecular weight is 643 g/mol. The van der Waals surface area contributed by atoms with Crippen molar-refractivity contribution in [3.05, 3.63) is 93.0 Å². The van der Waals surface area contributed by atoms with Gasteiger partial charge in [0.25, 0.3) is 15.7 Å². The molecule has 0 spiro atoms. The van der Waals surface area contributed by atoms with Gasteiger partial charge in [-0.1, -0.05) is 60.8 Å². The van der Waals surface area contributed by atoms with E-state index in [4.69, 9.17) is 16.3 Å². The molecule has 1 N–H and O–H groups in total. The number of rotatable bonds is 12. The van der Waals surface area contributed by atoms with E-state index in [2.05, 4.69) is 5.32 Å². The van der Waals surface area contributed by atoms with Gasteiger partial charge in [-0.3, -0.25) is 24.0 Å². The molecule has 0 saturated heterocycles. The zero-order valence-electron chi connectivity index (χ0n) is 24.7. The van der Waals surface area contributed by atoms with E-state index in [-0.39, 0.29) is 40.5 Å². The van der Waals surface area contributed by atoms with Crippen molar-refractivity contribution >= 4 is 44.8 Å². The second kappa shape index (κ2) is 14.1. The third kappa shape index (κ3) is 7.48. The van der Waals surface area contributed by atoms with Crippen LogP contribution in [-0.2, 0) is 26.2 Å². The topological polar surface area (TPSA) is 139 Å². The van der Waals surface area contributed by atoms with Gasteiger partial charge in [-0.15, -0.1) is 0 Å². The fraction of sp³-hybridized carbons (Fsp3) is 0.355. The van der Waals surface area contributed by atoms with Crippen LogP contribution in [0.15, 0.2) is 71.6 Å². The normalized spacial score (nSPS) is 14.1. The number of anilines is 1. The molecule has 3 aromatic rings. The van der Waals surface area contributed by atoms with Crippen molar-refractivity contribution in [1.82, 2.24) is 10.2 Å². The van der Waals surface area contributed by atoms with Gasteiger partial charge in [0.1, 0.15) is 18.3 Å². The molecule has 3 aromatic carbocycles. The molecule has 2 amide bonds. The molecular weight excluding hydrogens is 608 g/mol. The van der Waals surface area contributed by atoms with Crippen LogP contribution in [0.2, 0.25) is 5.02 Å². The number of aryl methyl sites for hydroxylation is 1. The lowest BCUT2D eigenvalue weighted by Gasteiger charge is -2.33. The highest BCUT2D eigenvalue weighted by Gasteiger charge is 2.35. The van der Waals surface area contributed by atoms with Gasteiger partial charge in [-0.2, -0.15) is 0 Å². The van der Waals surface area contributed by atoms with E-state index in [0.717, 1.165) is 41.6 Å². The van der Waals surface area contributed by atoms with Gasteiger partial charge < -0.3 is 15.0 Å². The summed E-state index contributed by atoms with van der Waals surface area (Å²) in [6, 6.07) is 16.0. The van der Waals surface area contributed by atoms with Crippen LogP contribution in [0.5, 0.6) is 5.75 Å². The Bertz CT molecular complexity index is 1630. The maximum Gasteiger partial charge on any atom is 0.273 e. The van der Waals surface area contributed by atoms with Gasteiger partial charge in [-0.05, 0) is 56.5 Å². The van der Waals surface area contributed by atoms with Gasteiger partial charge in [-0.25, -0.2) is 8.42 Å². The maximum atomic E-state index is 14.2. The molecular formula is C31H35ClN4O7S. The number of methoxy groups -OCH3 is 1. The van der Waals surface area contributed by atoms with Crippen LogP contribution in [0, 0.1) is 17.0 Å². The molecule has 1 atom stereocenters. The third-order valence-corrected chi connectivity index (χ3v) is 9.71. The molecule has 4 rings (SSSR count). The van der Waals surface area contributed by atoms with Crippen molar-refractivity contribution in [3.8, 4) is 5.75 Å². The van der Waals surface area contributed by atoms with E-state index in [9.17, 15) is 28.1 Å². The van der Waals surface area contributed by atoms with Crippen molar-refractivity contribution < 1.29 is 27.7 Å². The number of hydrogen-bond acceptors (Lipinski definition) is 7. The van der Waals surface area contributed by atoms with Crippen molar-refractivity contribution in [2.75, 3.05) is 18.0 Å². The second-order valence-corrected chi connectivity index (χ2v) is 13.0. The van der Waals surface area contributed by atoms with E-state index in [1.54, 1.807) is 19.1 Å². The molecule has 0 radical (unpaired) electrons. The number of nitrogens with one attached hydrogen (secondary N) is 1. The summed E-state index contributed by atoms with van der Waals surface area (Å²) in [6.45, 7) is 2.40.